The van der Waals surface area contributed by atoms with Gasteiger partial charge in [-0.3, -0.25) is 19.0 Å². The predicted octanol–water partition coefficient (Wildman–Crippen LogP) is 3.67. The van der Waals surface area contributed by atoms with E-state index < -0.39 is 5.97 Å². The van der Waals surface area contributed by atoms with E-state index in [9.17, 15) is 14.4 Å². The number of carbonyl (C=O) groups excluding carboxylic acids is 2. The maximum Gasteiger partial charge on any atom is 0.326 e. The molecule has 0 saturated carbocycles. The van der Waals surface area contributed by atoms with Crippen LogP contribution < -0.4 is 10.9 Å². The van der Waals surface area contributed by atoms with Crippen molar-refractivity contribution in [2.75, 3.05) is 5.32 Å². The van der Waals surface area contributed by atoms with Crippen LogP contribution in [0.3, 0.4) is 0 Å². The van der Waals surface area contributed by atoms with Gasteiger partial charge in [-0.05, 0) is 44.4 Å². The summed E-state index contributed by atoms with van der Waals surface area (Å²) in [6, 6.07) is 7.48. The monoisotopic (exact) mass is 413 g/mol. The molecule has 0 aliphatic rings. The third-order valence-corrected chi connectivity index (χ3v) is 5.92. The van der Waals surface area contributed by atoms with Crippen LogP contribution in [0.1, 0.15) is 41.1 Å². The standard InChI is InChI=1S/C21H23N3O4S/c1-5-13(3)28-16(25)10-24-11-22-20-17(21(24)27)14(4)18(29-20)19(26)23-15-9-7-6-8-12(15)2/h6-9,11,13H,5,10H2,1-4H3,(H,23,26)/t13-/m1/s1. The Morgan fingerprint density at radius 2 is 2.00 bits per heavy atom. The summed E-state index contributed by atoms with van der Waals surface area (Å²) in [5.41, 5.74) is 1.85. The second-order valence-electron chi connectivity index (χ2n) is 6.89. The summed E-state index contributed by atoms with van der Waals surface area (Å²) in [4.78, 5) is 42.9. The first-order valence-electron chi connectivity index (χ1n) is 9.36. The number of aromatic nitrogens is 2. The van der Waals surface area contributed by atoms with Gasteiger partial charge in [-0.15, -0.1) is 11.3 Å². The van der Waals surface area contributed by atoms with E-state index in [1.807, 2.05) is 38.1 Å². The van der Waals surface area contributed by atoms with Gasteiger partial charge in [0, 0.05) is 5.69 Å². The molecule has 3 aromatic rings. The molecule has 0 aliphatic heterocycles. The first kappa shape index (κ1) is 20.7. The molecule has 8 heteroatoms. The topological polar surface area (TPSA) is 90.3 Å². The lowest BCUT2D eigenvalue weighted by atomic mass is 10.2. The number of ether oxygens (including phenoxy) is 1. The van der Waals surface area contributed by atoms with Gasteiger partial charge in [-0.25, -0.2) is 4.98 Å². The van der Waals surface area contributed by atoms with Crippen LogP contribution in [0, 0.1) is 13.8 Å². The minimum atomic E-state index is -0.493. The van der Waals surface area contributed by atoms with Crippen LogP contribution in [-0.4, -0.2) is 27.5 Å². The van der Waals surface area contributed by atoms with Crippen LogP contribution in [0.25, 0.3) is 10.2 Å². The Labute approximate surface area is 172 Å². The molecule has 0 saturated heterocycles. The molecule has 3 rings (SSSR count). The van der Waals surface area contributed by atoms with Gasteiger partial charge in [-0.1, -0.05) is 25.1 Å². The van der Waals surface area contributed by atoms with Crippen molar-refractivity contribution in [3.63, 3.8) is 0 Å². The number of benzene rings is 1. The molecule has 0 aliphatic carbocycles. The molecule has 2 aromatic heterocycles. The molecule has 1 aromatic carbocycles. The molecular formula is C21H23N3O4S. The van der Waals surface area contributed by atoms with Crippen molar-refractivity contribution in [3.8, 4) is 0 Å². The van der Waals surface area contributed by atoms with Gasteiger partial charge in [0.25, 0.3) is 11.5 Å². The Balaban J connectivity index is 1.90. The lowest BCUT2D eigenvalue weighted by Gasteiger charge is -2.11. The third-order valence-electron chi connectivity index (χ3n) is 4.72. The fourth-order valence-electron chi connectivity index (χ4n) is 2.86. The number of hydrogen-bond donors (Lipinski definition) is 1. The predicted molar refractivity (Wildman–Crippen MR) is 114 cm³/mol. The Morgan fingerprint density at radius 3 is 2.69 bits per heavy atom. The highest BCUT2D eigenvalue weighted by atomic mass is 32.1. The largest absolute Gasteiger partial charge is 0.461 e. The van der Waals surface area contributed by atoms with Crippen LogP contribution in [0.5, 0.6) is 0 Å². The van der Waals surface area contributed by atoms with Crippen LogP contribution in [0.15, 0.2) is 35.4 Å². The fraction of sp³-hybridized carbons (Fsp3) is 0.333. The summed E-state index contributed by atoms with van der Waals surface area (Å²) in [5.74, 6) is -0.782. The second kappa shape index (κ2) is 8.57. The SMILES string of the molecule is CC[C@@H](C)OC(=O)Cn1cnc2sc(C(=O)Nc3ccccc3C)c(C)c2c1=O. The zero-order valence-electron chi connectivity index (χ0n) is 16.8. The molecule has 1 atom stereocenters. The van der Waals surface area contributed by atoms with Crippen LogP contribution >= 0.6 is 11.3 Å². The highest BCUT2D eigenvalue weighted by Gasteiger charge is 2.21. The highest BCUT2D eigenvalue weighted by Crippen LogP contribution is 2.28. The Morgan fingerprint density at radius 1 is 1.28 bits per heavy atom. The number of esters is 1. The number of fused-ring (bicyclic) bond motifs is 1. The minimum absolute atomic E-state index is 0.213. The molecule has 1 N–H and O–H groups in total. The maximum absolute atomic E-state index is 12.9. The number of rotatable bonds is 6. The average molecular weight is 413 g/mol. The summed E-state index contributed by atoms with van der Waals surface area (Å²) in [5, 5.41) is 3.23. The zero-order valence-corrected chi connectivity index (χ0v) is 17.6. The van der Waals surface area contributed by atoms with Gasteiger partial charge in [0.05, 0.1) is 22.7 Å². The number of para-hydroxylation sites is 1. The van der Waals surface area contributed by atoms with Crippen molar-refractivity contribution >= 4 is 39.1 Å². The van der Waals surface area contributed by atoms with E-state index in [2.05, 4.69) is 10.3 Å². The number of thiophene rings is 1. The van der Waals surface area contributed by atoms with E-state index in [0.29, 0.717) is 32.8 Å². The number of carbonyl (C=O) groups is 2. The van der Waals surface area contributed by atoms with Crippen molar-refractivity contribution in [2.45, 2.75) is 46.8 Å². The number of hydrogen-bond acceptors (Lipinski definition) is 6. The fourth-order valence-corrected chi connectivity index (χ4v) is 3.90. The molecule has 1 amide bonds. The quantitative estimate of drug-likeness (QED) is 0.623. The molecule has 2 heterocycles. The molecule has 0 fully saturated rings. The molecule has 0 spiro atoms. The number of amides is 1. The van der Waals surface area contributed by atoms with Crippen molar-refractivity contribution in [3.05, 3.63) is 57.0 Å². The first-order valence-corrected chi connectivity index (χ1v) is 10.2. The number of nitrogens with one attached hydrogen (secondary N) is 1. The third kappa shape index (κ3) is 4.37. The maximum atomic E-state index is 12.9. The molecule has 0 unspecified atom stereocenters. The molecule has 0 radical (unpaired) electrons. The molecule has 29 heavy (non-hydrogen) atoms. The summed E-state index contributed by atoms with van der Waals surface area (Å²) in [6.45, 7) is 7.12. The highest BCUT2D eigenvalue weighted by molar-refractivity contribution is 7.20. The first-order chi connectivity index (χ1) is 13.8. The van der Waals surface area contributed by atoms with Gasteiger partial charge in [0.15, 0.2) is 0 Å². The minimum Gasteiger partial charge on any atom is -0.461 e. The van der Waals surface area contributed by atoms with Gasteiger partial charge in [-0.2, -0.15) is 0 Å². The van der Waals surface area contributed by atoms with E-state index in [1.54, 1.807) is 13.8 Å². The van der Waals surface area contributed by atoms with Crippen LogP contribution in [0.4, 0.5) is 5.69 Å². The lowest BCUT2D eigenvalue weighted by molar-refractivity contribution is -0.149. The zero-order chi connectivity index (χ0) is 21.1. The van der Waals surface area contributed by atoms with Gasteiger partial charge < -0.3 is 10.1 Å². The molecule has 0 bridgehead atoms. The second-order valence-corrected chi connectivity index (χ2v) is 7.89. The molecular weight excluding hydrogens is 390 g/mol. The van der Waals surface area contributed by atoms with E-state index in [4.69, 9.17) is 4.74 Å². The summed E-state index contributed by atoms with van der Waals surface area (Å²) < 4.78 is 6.45. The Kier molecular flexibility index (Phi) is 6.12. The average Bonchev–Trinajstić information content (AvgIpc) is 3.03. The summed E-state index contributed by atoms with van der Waals surface area (Å²) >= 11 is 1.16. The number of nitrogens with zero attached hydrogens (tertiary/aromatic N) is 2. The van der Waals surface area contributed by atoms with Gasteiger partial charge in [0.1, 0.15) is 11.4 Å². The van der Waals surface area contributed by atoms with Crippen LogP contribution in [0.2, 0.25) is 0 Å². The van der Waals surface area contributed by atoms with Gasteiger partial charge >= 0.3 is 5.97 Å². The van der Waals surface area contributed by atoms with Crippen LogP contribution in [-0.2, 0) is 16.1 Å². The van der Waals surface area contributed by atoms with Crippen molar-refractivity contribution in [1.29, 1.82) is 0 Å². The van der Waals surface area contributed by atoms with E-state index in [0.717, 1.165) is 16.9 Å². The molecule has 152 valence electrons. The van der Waals surface area contributed by atoms with Gasteiger partial charge in [0.2, 0.25) is 0 Å². The van der Waals surface area contributed by atoms with Crippen molar-refractivity contribution in [1.82, 2.24) is 9.55 Å². The molecule has 7 nitrogen and oxygen atoms in total. The normalized spacial score (nSPS) is 12.0. The number of anilines is 1. The smallest absolute Gasteiger partial charge is 0.326 e. The van der Waals surface area contributed by atoms with Crippen molar-refractivity contribution in [2.24, 2.45) is 0 Å². The van der Waals surface area contributed by atoms with Crippen molar-refractivity contribution < 1.29 is 14.3 Å². The van der Waals surface area contributed by atoms with E-state index in [-0.39, 0.29) is 24.1 Å². The Hall–Kier alpha value is -3.00. The lowest BCUT2D eigenvalue weighted by Crippen LogP contribution is -2.27. The van der Waals surface area contributed by atoms with E-state index >= 15 is 0 Å². The summed E-state index contributed by atoms with van der Waals surface area (Å²) in [7, 11) is 0. The number of aryl methyl sites for hydroxylation is 2. The summed E-state index contributed by atoms with van der Waals surface area (Å²) in [6.07, 6.45) is 1.80. The van der Waals surface area contributed by atoms with E-state index in [1.165, 1.54) is 10.9 Å². The Bertz CT molecular complexity index is 1130.